The van der Waals surface area contributed by atoms with Crippen LogP contribution in [0.4, 0.5) is 18.9 Å². The van der Waals surface area contributed by atoms with E-state index in [2.05, 4.69) is 10.0 Å². The van der Waals surface area contributed by atoms with Crippen molar-refractivity contribution in [1.82, 2.24) is 4.72 Å². The van der Waals surface area contributed by atoms with E-state index < -0.39 is 27.7 Å². The highest BCUT2D eigenvalue weighted by Gasteiger charge is 2.26. The first-order valence-corrected chi connectivity index (χ1v) is 15.1. The van der Waals surface area contributed by atoms with Gasteiger partial charge in [-0.1, -0.05) is 48.9 Å². The van der Waals surface area contributed by atoms with Gasteiger partial charge < -0.3 is 10.7 Å². The molecule has 3 N–H and O–H groups in total. The third-order valence-electron chi connectivity index (χ3n) is 7.29. The molecule has 0 fully saturated rings. The molecule has 0 aliphatic heterocycles. The number of halogens is 3. The Balaban J connectivity index is 1.69. The van der Waals surface area contributed by atoms with Crippen molar-refractivity contribution in [1.29, 1.82) is 5.41 Å². The SMILES string of the molecule is C/C(=C\C(=N)C1=C(Nc2ccc(F)cc2F)C(Cc2ccc(F)cc2)CCCC1)S(=O)(=O)N[C@@H](C)c1ccccc1. The van der Waals surface area contributed by atoms with Crippen LogP contribution in [0.25, 0.3) is 0 Å². The summed E-state index contributed by atoms with van der Waals surface area (Å²) >= 11 is 0. The van der Waals surface area contributed by atoms with Gasteiger partial charge in [-0.15, -0.1) is 0 Å². The summed E-state index contributed by atoms with van der Waals surface area (Å²) in [7, 11) is -3.91. The lowest BCUT2D eigenvalue weighted by Gasteiger charge is -2.24. The van der Waals surface area contributed by atoms with Crippen LogP contribution in [-0.4, -0.2) is 14.1 Å². The van der Waals surface area contributed by atoms with E-state index in [4.69, 9.17) is 5.41 Å². The molecule has 1 aliphatic carbocycles. The molecule has 0 spiro atoms. The summed E-state index contributed by atoms with van der Waals surface area (Å²) in [5.74, 6) is -2.03. The minimum Gasteiger partial charge on any atom is -0.356 e. The monoisotopic (exact) mass is 581 g/mol. The van der Waals surface area contributed by atoms with Gasteiger partial charge in [0.25, 0.3) is 0 Å². The molecule has 0 aromatic heterocycles. The molecule has 0 heterocycles. The quantitative estimate of drug-likeness (QED) is 0.214. The molecule has 0 bridgehead atoms. The Morgan fingerprint density at radius 2 is 1.68 bits per heavy atom. The molecule has 5 nitrogen and oxygen atoms in total. The van der Waals surface area contributed by atoms with Gasteiger partial charge in [-0.05, 0) is 86.6 Å². The summed E-state index contributed by atoms with van der Waals surface area (Å²) in [5.41, 5.74) is 2.87. The second-order valence-electron chi connectivity index (χ2n) is 10.3. The summed E-state index contributed by atoms with van der Waals surface area (Å²) in [6.45, 7) is 3.19. The highest BCUT2D eigenvalue weighted by molar-refractivity contribution is 7.93. The molecule has 1 unspecified atom stereocenters. The number of hydrogen-bond acceptors (Lipinski definition) is 4. The normalized spacial score (nSPS) is 17.2. The van der Waals surface area contributed by atoms with E-state index in [1.54, 1.807) is 19.1 Å². The highest BCUT2D eigenvalue weighted by atomic mass is 32.2. The smallest absolute Gasteiger partial charge is 0.237 e. The fourth-order valence-corrected chi connectivity index (χ4v) is 6.08. The Labute approximate surface area is 239 Å². The van der Waals surface area contributed by atoms with E-state index in [0.717, 1.165) is 42.5 Å². The molecular weight excluding hydrogens is 547 g/mol. The van der Waals surface area contributed by atoms with Crippen molar-refractivity contribution in [2.75, 3.05) is 5.32 Å². The number of rotatable bonds is 10. The first-order valence-electron chi connectivity index (χ1n) is 13.6. The molecule has 3 aromatic carbocycles. The summed E-state index contributed by atoms with van der Waals surface area (Å²) in [5, 5.41) is 12.1. The van der Waals surface area contributed by atoms with E-state index in [-0.39, 0.29) is 28.0 Å². The Kier molecular flexibility index (Phi) is 9.83. The van der Waals surface area contributed by atoms with Crippen LogP contribution in [0.2, 0.25) is 0 Å². The molecule has 41 heavy (non-hydrogen) atoms. The lowest BCUT2D eigenvalue weighted by Crippen LogP contribution is -2.27. The highest BCUT2D eigenvalue weighted by Crippen LogP contribution is 2.34. The number of sulfonamides is 1. The Hall–Kier alpha value is -3.69. The van der Waals surface area contributed by atoms with Crippen LogP contribution >= 0.6 is 0 Å². The van der Waals surface area contributed by atoms with Crippen LogP contribution in [0.15, 0.2) is 95.0 Å². The maximum atomic E-state index is 14.7. The average molecular weight is 582 g/mol. The summed E-state index contributed by atoms with van der Waals surface area (Å²) in [6, 6.07) is 18.1. The van der Waals surface area contributed by atoms with Gasteiger partial charge in [0.1, 0.15) is 17.5 Å². The number of hydrogen-bond donors (Lipinski definition) is 3. The summed E-state index contributed by atoms with van der Waals surface area (Å²) < 4.78 is 70.9. The Morgan fingerprint density at radius 3 is 2.37 bits per heavy atom. The van der Waals surface area contributed by atoms with Gasteiger partial charge in [0.15, 0.2) is 0 Å². The van der Waals surface area contributed by atoms with Crippen molar-refractivity contribution in [2.24, 2.45) is 5.92 Å². The van der Waals surface area contributed by atoms with Gasteiger partial charge in [-0.3, -0.25) is 0 Å². The van der Waals surface area contributed by atoms with Crippen molar-refractivity contribution < 1.29 is 21.6 Å². The van der Waals surface area contributed by atoms with Crippen LogP contribution < -0.4 is 10.0 Å². The predicted molar refractivity (Wildman–Crippen MR) is 157 cm³/mol. The van der Waals surface area contributed by atoms with Crippen LogP contribution in [0.1, 0.15) is 56.7 Å². The maximum Gasteiger partial charge on any atom is 0.237 e. The molecule has 0 saturated carbocycles. The second-order valence-corrected chi connectivity index (χ2v) is 12.2. The third kappa shape index (κ3) is 7.95. The molecule has 3 aromatic rings. The Bertz CT molecular complexity index is 1550. The topological polar surface area (TPSA) is 82.1 Å². The number of anilines is 1. The zero-order valence-electron chi connectivity index (χ0n) is 23.1. The van der Waals surface area contributed by atoms with Crippen molar-refractivity contribution in [3.63, 3.8) is 0 Å². The molecule has 4 rings (SSSR count). The molecule has 1 aliphatic rings. The van der Waals surface area contributed by atoms with Gasteiger partial charge >= 0.3 is 0 Å². The van der Waals surface area contributed by atoms with Crippen LogP contribution in [0.5, 0.6) is 0 Å². The minimum absolute atomic E-state index is 0.00346. The number of nitrogens with one attached hydrogen (secondary N) is 3. The van der Waals surface area contributed by atoms with Crippen molar-refractivity contribution in [3.8, 4) is 0 Å². The molecule has 0 radical (unpaired) electrons. The second kappa shape index (κ2) is 13.3. The largest absolute Gasteiger partial charge is 0.356 e. The van der Waals surface area contributed by atoms with E-state index in [0.29, 0.717) is 24.1 Å². The van der Waals surface area contributed by atoms with Gasteiger partial charge in [0.05, 0.1) is 16.3 Å². The van der Waals surface area contributed by atoms with Gasteiger partial charge in [0, 0.05) is 23.7 Å². The van der Waals surface area contributed by atoms with Crippen LogP contribution in [-0.2, 0) is 16.4 Å². The average Bonchev–Trinajstić information content (AvgIpc) is 3.13. The van der Waals surface area contributed by atoms with Gasteiger partial charge in [-0.2, -0.15) is 0 Å². The zero-order valence-corrected chi connectivity index (χ0v) is 23.9. The molecule has 0 saturated heterocycles. The van der Waals surface area contributed by atoms with E-state index in [1.165, 1.54) is 31.2 Å². The zero-order chi connectivity index (χ0) is 29.6. The van der Waals surface area contributed by atoms with Gasteiger partial charge in [-0.25, -0.2) is 26.3 Å². The van der Waals surface area contributed by atoms with Crippen molar-refractivity contribution in [3.05, 3.63) is 124 Å². The third-order valence-corrected chi connectivity index (χ3v) is 8.92. The Morgan fingerprint density at radius 1 is 1.00 bits per heavy atom. The van der Waals surface area contributed by atoms with Crippen LogP contribution in [0.3, 0.4) is 0 Å². The summed E-state index contributed by atoms with van der Waals surface area (Å²) in [4.78, 5) is -0.0237. The van der Waals surface area contributed by atoms with Crippen LogP contribution in [0, 0.1) is 28.8 Å². The molecule has 2 atom stereocenters. The lowest BCUT2D eigenvalue weighted by atomic mass is 9.89. The maximum absolute atomic E-state index is 14.7. The lowest BCUT2D eigenvalue weighted by molar-refractivity contribution is 0.536. The van der Waals surface area contributed by atoms with E-state index in [1.807, 2.05) is 30.3 Å². The number of benzene rings is 3. The number of allylic oxidation sites excluding steroid dienone is 4. The summed E-state index contributed by atoms with van der Waals surface area (Å²) in [6.07, 6.45) is 4.59. The minimum atomic E-state index is -3.91. The fourth-order valence-electron chi connectivity index (χ4n) is 5.02. The van der Waals surface area contributed by atoms with E-state index in [9.17, 15) is 21.6 Å². The van der Waals surface area contributed by atoms with Crippen molar-refractivity contribution >= 4 is 21.4 Å². The molecule has 9 heteroatoms. The van der Waals surface area contributed by atoms with Gasteiger partial charge in [0.2, 0.25) is 10.0 Å². The standard InChI is InChI=1S/C32H34F3N3O2S/c1-21(41(39,40)38-22(2)24-8-4-3-5-9-24)18-30(36)28-11-7-6-10-25(19-23-12-14-26(33)15-13-23)32(28)37-31-17-16-27(34)20-29(31)35/h3-5,8-9,12-18,20,22,25,36-38H,6-7,10-11,19H2,1-2H3/b21-18+,36-30?/t22-,25?/m0/s1. The molecule has 0 amide bonds. The molecular formula is C32H34F3N3O2S. The first-order chi connectivity index (χ1) is 19.5. The predicted octanol–water partition coefficient (Wildman–Crippen LogP) is 7.81. The molecule has 216 valence electrons. The van der Waals surface area contributed by atoms with Crippen molar-refractivity contribution in [2.45, 2.75) is 52.0 Å². The fraction of sp³-hybridized carbons (Fsp3) is 0.281. The van der Waals surface area contributed by atoms with E-state index >= 15 is 0 Å². The first kappa shape index (κ1) is 30.3.